The first kappa shape index (κ1) is 16.6. The minimum absolute atomic E-state index is 0.228. The number of nitrogens with zero attached hydrogens (tertiary/aromatic N) is 5. The van der Waals surface area contributed by atoms with Crippen LogP contribution in [0.25, 0.3) is 0 Å². The lowest BCUT2D eigenvalue weighted by Crippen LogP contribution is -2.46. The number of carbonyl (C=O) groups excluding carboxylic acids is 1. The van der Waals surface area contributed by atoms with E-state index in [2.05, 4.69) is 34.7 Å². The Morgan fingerprint density at radius 3 is 2.44 bits per heavy atom. The summed E-state index contributed by atoms with van der Waals surface area (Å²) in [4.78, 5) is 28.4. The zero-order valence-electron chi connectivity index (χ0n) is 15.4. The molecule has 6 nitrogen and oxygen atoms in total. The predicted octanol–water partition coefficient (Wildman–Crippen LogP) is 2.78. The Hall–Kier alpha value is -1.85. The summed E-state index contributed by atoms with van der Waals surface area (Å²) >= 11 is 0. The molecule has 25 heavy (non-hydrogen) atoms. The van der Waals surface area contributed by atoms with Gasteiger partial charge in [-0.15, -0.1) is 0 Å². The Bertz CT molecular complexity index is 637. The quantitative estimate of drug-likeness (QED) is 0.843. The van der Waals surface area contributed by atoms with Crippen LogP contribution in [0.1, 0.15) is 56.5 Å². The summed E-state index contributed by atoms with van der Waals surface area (Å²) in [5.41, 5.74) is 1.07. The number of hydrogen-bond donors (Lipinski definition) is 0. The first-order chi connectivity index (χ1) is 12.2. The van der Waals surface area contributed by atoms with Gasteiger partial charge in [0.15, 0.2) is 0 Å². The van der Waals surface area contributed by atoms with Gasteiger partial charge in [-0.05, 0) is 39.5 Å². The molecule has 0 aromatic carbocycles. The molecule has 3 aliphatic rings. The van der Waals surface area contributed by atoms with Crippen molar-refractivity contribution in [2.45, 2.75) is 57.9 Å². The fourth-order valence-corrected chi connectivity index (χ4v) is 4.23. The molecule has 6 heteroatoms. The number of piperidine rings is 1. The van der Waals surface area contributed by atoms with E-state index in [9.17, 15) is 4.79 Å². The van der Waals surface area contributed by atoms with Crippen molar-refractivity contribution in [1.82, 2.24) is 19.8 Å². The number of urea groups is 1. The van der Waals surface area contributed by atoms with Gasteiger partial charge >= 0.3 is 6.03 Å². The molecule has 0 radical (unpaired) electrons. The van der Waals surface area contributed by atoms with Gasteiger partial charge in [0.05, 0.1) is 0 Å². The monoisotopic (exact) mass is 343 g/mol. The van der Waals surface area contributed by atoms with Crippen LogP contribution < -0.4 is 4.90 Å². The number of rotatable bonds is 4. The van der Waals surface area contributed by atoms with E-state index in [1.165, 1.54) is 19.3 Å². The summed E-state index contributed by atoms with van der Waals surface area (Å²) in [5, 5.41) is 0. The maximum atomic E-state index is 12.4. The van der Waals surface area contributed by atoms with Crippen LogP contribution in [0.4, 0.5) is 10.6 Å². The molecule has 0 N–H and O–H groups in total. The highest BCUT2D eigenvalue weighted by molar-refractivity contribution is 5.76. The van der Waals surface area contributed by atoms with Gasteiger partial charge in [-0.3, -0.25) is 0 Å². The van der Waals surface area contributed by atoms with E-state index in [4.69, 9.17) is 4.98 Å². The van der Waals surface area contributed by atoms with Crippen LogP contribution >= 0.6 is 0 Å². The Morgan fingerprint density at radius 2 is 1.84 bits per heavy atom. The Balaban J connectivity index is 1.40. The number of anilines is 1. The molecule has 2 aliphatic heterocycles. The lowest BCUT2D eigenvalue weighted by Gasteiger charge is -2.37. The molecule has 0 unspecified atom stereocenters. The molecule has 136 valence electrons. The van der Waals surface area contributed by atoms with E-state index in [0.717, 1.165) is 62.9 Å². The molecule has 4 rings (SSSR count). The number of aryl methyl sites for hydroxylation is 1. The minimum Gasteiger partial charge on any atom is -0.356 e. The van der Waals surface area contributed by atoms with Gasteiger partial charge < -0.3 is 14.7 Å². The molecule has 3 fully saturated rings. The summed E-state index contributed by atoms with van der Waals surface area (Å²) in [7, 11) is 0. The van der Waals surface area contributed by atoms with Crippen molar-refractivity contribution in [3.8, 4) is 0 Å². The van der Waals surface area contributed by atoms with Crippen LogP contribution in [0.5, 0.6) is 0 Å². The highest BCUT2D eigenvalue weighted by Crippen LogP contribution is 2.35. The minimum atomic E-state index is 0.228. The maximum absolute atomic E-state index is 12.4. The number of aromatic nitrogens is 2. The molecule has 2 amide bonds. The standard InChI is InChI=1S/C19H29N5O/c1-3-22-11-12-24(19(22)25)16-7-9-23(10-8-16)17-13-14(2)20-18(21-17)15-5-4-6-15/h13,15-16H,3-12H2,1-2H3. The third-order valence-corrected chi connectivity index (χ3v) is 6.07. The molecular weight excluding hydrogens is 314 g/mol. The topological polar surface area (TPSA) is 52.6 Å². The molecule has 1 aromatic heterocycles. The van der Waals surface area contributed by atoms with Crippen LogP contribution in [0.15, 0.2) is 6.07 Å². The van der Waals surface area contributed by atoms with Crippen LogP contribution in [-0.4, -0.2) is 64.6 Å². The van der Waals surface area contributed by atoms with E-state index in [0.29, 0.717) is 12.0 Å². The third kappa shape index (κ3) is 3.18. The summed E-state index contributed by atoms with van der Waals surface area (Å²) in [6.45, 7) is 8.66. The normalized spacial score (nSPS) is 22.6. The van der Waals surface area contributed by atoms with Gasteiger partial charge in [-0.1, -0.05) is 6.42 Å². The number of carbonyl (C=O) groups is 1. The van der Waals surface area contributed by atoms with Crippen molar-refractivity contribution < 1.29 is 4.79 Å². The van der Waals surface area contributed by atoms with Crippen molar-refractivity contribution in [2.75, 3.05) is 37.6 Å². The van der Waals surface area contributed by atoms with E-state index in [1.807, 2.05) is 4.90 Å². The first-order valence-electron chi connectivity index (χ1n) is 9.81. The van der Waals surface area contributed by atoms with Gasteiger partial charge in [-0.2, -0.15) is 0 Å². The average Bonchev–Trinajstić information content (AvgIpc) is 2.93. The second-order valence-electron chi connectivity index (χ2n) is 7.63. The van der Waals surface area contributed by atoms with Gasteiger partial charge in [0.25, 0.3) is 0 Å². The summed E-state index contributed by atoms with van der Waals surface area (Å²) < 4.78 is 0. The average molecular weight is 343 g/mol. The number of hydrogen-bond acceptors (Lipinski definition) is 4. The molecule has 1 aliphatic carbocycles. The summed E-state index contributed by atoms with van der Waals surface area (Å²) in [6, 6.07) is 2.72. The van der Waals surface area contributed by atoms with Crippen LogP contribution in [-0.2, 0) is 0 Å². The van der Waals surface area contributed by atoms with Gasteiger partial charge in [-0.25, -0.2) is 14.8 Å². The first-order valence-corrected chi connectivity index (χ1v) is 9.81. The van der Waals surface area contributed by atoms with E-state index >= 15 is 0 Å². The van der Waals surface area contributed by atoms with Crippen LogP contribution in [0.3, 0.4) is 0 Å². The zero-order valence-corrected chi connectivity index (χ0v) is 15.4. The predicted molar refractivity (Wildman–Crippen MR) is 97.9 cm³/mol. The SMILES string of the molecule is CCN1CCN(C2CCN(c3cc(C)nc(C4CCC4)n3)CC2)C1=O. The molecule has 1 aromatic rings. The Morgan fingerprint density at radius 1 is 1.08 bits per heavy atom. The molecule has 0 bridgehead atoms. The highest BCUT2D eigenvalue weighted by Gasteiger charge is 2.35. The van der Waals surface area contributed by atoms with Gasteiger partial charge in [0.1, 0.15) is 11.6 Å². The Kier molecular flexibility index (Phi) is 4.52. The second kappa shape index (κ2) is 6.81. The van der Waals surface area contributed by atoms with E-state index in [1.54, 1.807) is 0 Å². The van der Waals surface area contributed by atoms with Gasteiger partial charge in [0, 0.05) is 56.4 Å². The van der Waals surface area contributed by atoms with E-state index < -0.39 is 0 Å². The fourth-order valence-electron chi connectivity index (χ4n) is 4.23. The molecule has 1 saturated carbocycles. The van der Waals surface area contributed by atoms with Crippen molar-refractivity contribution >= 4 is 11.8 Å². The molecule has 0 spiro atoms. The highest BCUT2D eigenvalue weighted by atomic mass is 16.2. The van der Waals surface area contributed by atoms with Gasteiger partial charge in [0.2, 0.25) is 0 Å². The number of amides is 2. The van der Waals surface area contributed by atoms with E-state index in [-0.39, 0.29) is 6.03 Å². The number of likely N-dealkylation sites (N-methyl/N-ethyl adjacent to an activating group) is 1. The molecule has 2 saturated heterocycles. The molecule has 3 heterocycles. The van der Waals surface area contributed by atoms with Crippen LogP contribution in [0, 0.1) is 6.92 Å². The Labute approximate surface area is 150 Å². The smallest absolute Gasteiger partial charge is 0.320 e. The van der Waals surface area contributed by atoms with Crippen molar-refractivity contribution in [3.63, 3.8) is 0 Å². The maximum Gasteiger partial charge on any atom is 0.320 e. The van der Waals surface area contributed by atoms with Crippen molar-refractivity contribution in [2.24, 2.45) is 0 Å². The zero-order chi connectivity index (χ0) is 17.4. The van der Waals surface area contributed by atoms with Crippen molar-refractivity contribution in [1.29, 1.82) is 0 Å². The molecule has 0 atom stereocenters. The largest absolute Gasteiger partial charge is 0.356 e. The summed E-state index contributed by atoms with van der Waals surface area (Å²) in [5.74, 6) is 2.69. The van der Waals surface area contributed by atoms with Crippen molar-refractivity contribution in [3.05, 3.63) is 17.6 Å². The second-order valence-corrected chi connectivity index (χ2v) is 7.63. The lowest BCUT2D eigenvalue weighted by molar-refractivity contribution is 0.169. The fraction of sp³-hybridized carbons (Fsp3) is 0.737. The lowest BCUT2D eigenvalue weighted by atomic mass is 9.85. The molecular formula is C19H29N5O. The third-order valence-electron chi connectivity index (χ3n) is 6.07. The summed E-state index contributed by atoms with van der Waals surface area (Å²) in [6.07, 6.45) is 5.84. The van der Waals surface area contributed by atoms with Crippen LogP contribution in [0.2, 0.25) is 0 Å².